The van der Waals surface area contributed by atoms with Crippen molar-refractivity contribution >= 4 is 46.1 Å². The number of rotatable bonds is 10. The number of carbonyl (C=O) groups excluding carboxylic acids is 3. The lowest BCUT2D eigenvalue weighted by Crippen LogP contribution is -2.51. The molecule has 2 aromatic carbocycles. The van der Waals surface area contributed by atoms with Gasteiger partial charge in [-0.15, -0.1) is 0 Å². The number of imidazole rings is 1. The average molecular weight is 608 g/mol. The molecule has 2 N–H and O–H groups in total. The number of fused-ring (bicyclic) bond motifs is 2. The van der Waals surface area contributed by atoms with E-state index >= 15 is 0 Å². The third kappa shape index (κ3) is 7.46. The highest BCUT2D eigenvalue weighted by Gasteiger charge is 2.27. The Morgan fingerprint density at radius 2 is 1.93 bits per heavy atom. The summed E-state index contributed by atoms with van der Waals surface area (Å²) < 4.78 is 21.5. The fraction of sp³-hybridized carbons (Fsp3) is 0.300. The summed E-state index contributed by atoms with van der Waals surface area (Å²) in [5.74, 6) is 0.0338. The van der Waals surface area contributed by atoms with Crippen molar-refractivity contribution in [1.82, 2.24) is 29.9 Å². The van der Waals surface area contributed by atoms with Gasteiger partial charge in [-0.05, 0) is 29.5 Å². The number of carbonyl (C=O) groups is 3. The number of amides is 3. The zero-order valence-electron chi connectivity index (χ0n) is 23.5. The number of hydrazine groups is 1. The number of ether oxygens (including phenoxy) is 1. The maximum atomic E-state index is 14.0. The van der Waals surface area contributed by atoms with E-state index in [-0.39, 0.29) is 42.8 Å². The van der Waals surface area contributed by atoms with E-state index in [2.05, 4.69) is 20.7 Å². The van der Waals surface area contributed by atoms with Gasteiger partial charge >= 0.3 is 6.09 Å². The van der Waals surface area contributed by atoms with Crippen LogP contribution in [-0.2, 0) is 34.0 Å². The van der Waals surface area contributed by atoms with Crippen LogP contribution in [0.1, 0.15) is 31.2 Å². The number of nitrogens with zero attached hydrogens (tertiary/aromatic N) is 5. The van der Waals surface area contributed by atoms with Crippen LogP contribution in [0.4, 0.5) is 15.0 Å². The Kier molecular flexibility index (Phi) is 9.48. The smallest absolute Gasteiger partial charge is 0.412 e. The largest absolute Gasteiger partial charge is 0.447 e. The standard InChI is InChI=1S/C30H31ClFN7O4/c1-20(40)39(35-17-23-7-4-8-25(32)29(23)31)24(9-10-28(41)38-14-13-37-12-11-33-27(37)18-38)19-43-30(42)36-26-15-21-5-2-3-6-22(21)16-34-26/h2-8,11-12,15-16,24,35H,9-10,13-14,17-19H2,1H3,(H,34,36,42)/t24-/m0/s1. The summed E-state index contributed by atoms with van der Waals surface area (Å²) in [5, 5.41) is 5.66. The van der Waals surface area contributed by atoms with E-state index in [0.717, 1.165) is 16.6 Å². The first-order valence-electron chi connectivity index (χ1n) is 13.8. The first kappa shape index (κ1) is 29.9. The molecule has 0 fully saturated rings. The van der Waals surface area contributed by atoms with E-state index in [0.29, 0.717) is 31.0 Å². The summed E-state index contributed by atoms with van der Waals surface area (Å²) in [7, 11) is 0. The first-order chi connectivity index (χ1) is 20.8. The Morgan fingerprint density at radius 3 is 2.74 bits per heavy atom. The van der Waals surface area contributed by atoms with Gasteiger partial charge in [0.15, 0.2) is 0 Å². The van der Waals surface area contributed by atoms with Gasteiger partial charge in [0, 0.05) is 57.0 Å². The molecule has 1 atom stereocenters. The van der Waals surface area contributed by atoms with Crippen LogP contribution in [0.5, 0.6) is 0 Å². The van der Waals surface area contributed by atoms with Gasteiger partial charge in [-0.3, -0.25) is 19.9 Å². The first-order valence-corrected chi connectivity index (χ1v) is 14.2. The van der Waals surface area contributed by atoms with Crippen molar-refractivity contribution in [3.05, 3.63) is 89.3 Å². The number of pyridine rings is 1. The molecule has 13 heteroatoms. The molecule has 43 heavy (non-hydrogen) atoms. The Labute approximate surface area is 252 Å². The van der Waals surface area contributed by atoms with Crippen LogP contribution in [0.2, 0.25) is 5.02 Å². The van der Waals surface area contributed by atoms with Crippen LogP contribution in [0.25, 0.3) is 10.8 Å². The number of nitrogens with one attached hydrogen (secondary N) is 2. The number of aromatic nitrogens is 3. The topological polar surface area (TPSA) is 122 Å². The molecule has 0 saturated heterocycles. The lowest BCUT2D eigenvalue weighted by atomic mass is 10.1. The van der Waals surface area contributed by atoms with E-state index in [4.69, 9.17) is 16.3 Å². The maximum Gasteiger partial charge on any atom is 0.412 e. The van der Waals surface area contributed by atoms with Crippen molar-refractivity contribution in [3.8, 4) is 0 Å². The van der Waals surface area contributed by atoms with Crippen molar-refractivity contribution in [1.29, 1.82) is 0 Å². The predicted molar refractivity (Wildman–Crippen MR) is 158 cm³/mol. The monoisotopic (exact) mass is 607 g/mol. The fourth-order valence-corrected chi connectivity index (χ4v) is 5.13. The molecule has 3 heterocycles. The van der Waals surface area contributed by atoms with Gasteiger partial charge in [-0.2, -0.15) is 0 Å². The van der Waals surface area contributed by atoms with Gasteiger partial charge < -0.3 is 14.2 Å². The van der Waals surface area contributed by atoms with Gasteiger partial charge in [0.25, 0.3) is 0 Å². The van der Waals surface area contributed by atoms with Crippen LogP contribution in [0, 0.1) is 5.82 Å². The van der Waals surface area contributed by atoms with Crippen molar-refractivity contribution in [2.75, 3.05) is 18.5 Å². The lowest BCUT2D eigenvalue weighted by molar-refractivity contribution is -0.139. The molecule has 3 amide bonds. The zero-order chi connectivity index (χ0) is 30.3. The van der Waals surface area contributed by atoms with E-state index in [1.807, 2.05) is 35.0 Å². The lowest BCUT2D eigenvalue weighted by Gasteiger charge is -2.32. The van der Waals surface area contributed by atoms with Gasteiger partial charge in [-0.25, -0.2) is 24.6 Å². The number of hydrogen-bond donors (Lipinski definition) is 2. The molecule has 4 aromatic rings. The highest BCUT2D eigenvalue weighted by atomic mass is 35.5. The Hall–Kier alpha value is -4.55. The molecule has 2 aromatic heterocycles. The van der Waals surface area contributed by atoms with E-state index < -0.39 is 18.0 Å². The minimum absolute atomic E-state index is 0.0304. The molecule has 0 aliphatic carbocycles. The molecule has 1 aliphatic rings. The summed E-state index contributed by atoms with van der Waals surface area (Å²) in [5.41, 5.74) is 3.42. The molecule has 11 nitrogen and oxygen atoms in total. The maximum absolute atomic E-state index is 14.0. The summed E-state index contributed by atoms with van der Waals surface area (Å²) in [4.78, 5) is 48.9. The van der Waals surface area contributed by atoms with Gasteiger partial charge in [0.2, 0.25) is 11.8 Å². The molecule has 0 unspecified atom stereocenters. The molecule has 0 radical (unpaired) electrons. The summed E-state index contributed by atoms with van der Waals surface area (Å²) in [6.45, 7) is 2.73. The predicted octanol–water partition coefficient (Wildman–Crippen LogP) is 4.52. The molecular weight excluding hydrogens is 577 g/mol. The zero-order valence-corrected chi connectivity index (χ0v) is 24.3. The molecule has 5 rings (SSSR count). The molecule has 0 spiro atoms. The van der Waals surface area contributed by atoms with Crippen molar-refractivity contribution in [2.24, 2.45) is 0 Å². The molecular formula is C30H31ClFN7O4. The Morgan fingerprint density at radius 1 is 1.12 bits per heavy atom. The number of benzene rings is 2. The van der Waals surface area contributed by atoms with Crippen molar-refractivity contribution < 1.29 is 23.5 Å². The fourth-order valence-electron chi connectivity index (χ4n) is 4.94. The highest BCUT2D eigenvalue weighted by molar-refractivity contribution is 6.31. The number of anilines is 1. The molecule has 224 valence electrons. The van der Waals surface area contributed by atoms with Crippen LogP contribution in [0.3, 0.4) is 0 Å². The van der Waals surface area contributed by atoms with Gasteiger partial charge in [0.05, 0.1) is 17.6 Å². The van der Waals surface area contributed by atoms with E-state index in [1.54, 1.807) is 29.4 Å². The molecule has 0 bridgehead atoms. The quantitative estimate of drug-likeness (QED) is 0.254. The van der Waals surface area contributed by atoms with Crippen LogP contribution in [-0.4, -0.2) is 61.5 Å². The second kappa shape index (κ2) is 13.6. The summed E-state index contributed by atoms with van der Waals surface area (Å²) in [6, 6.07) is 13.0. The SMILES string of the molecule is CC(=O)N(NCc1cccc(F)c1Cl)[C@@H](CCC(=O)N1CCn2ccnc2C1)COC(=O)Nc1cc2ccccc2cn1. The third-order valence-electron chi connectivity index (χ3n) is 7.23. The van der Waals surface area contributed by atoms with Gasteiger partial charge in [0.1, 0.15) is 24.1 Å². The number of hydrogen-bond acceptors (Lipinski definition) is 7. The van der Waals surface area contributed by atoms with Crippen molar-refractivity contribution in [3.63, 3.8) is 0 Å². The Balaban J connectivity index is 1.26. The summed E-state index contributed by atoms with van der Waals surface area (Å²) in [6.07, 6.45) is 4.74. The van der Waals surface area contributed by atoms with Crippen LogP contribution < -0.4 is 10.7 Å². The Bertz CT molecular complexity index is 1630. The third-order valence-corrected chi connectivity index (χ3v) is 7.66. The second-order valence-corrected chi connectivity index (χ2v) is 10.5. The van der Waals surface area contributed by atoms with Crippen LogP contribution in [0.15, 0.2) is 67.1 Å². The minimum Gasteiger partial charge on any atom is -0.447 e. The van der Waals surface area contributed by atoms with E-state index in [1.165, 1.54) is 24.1 Å². The minimum atomic E-state index is -0.765. The highest BCUT2D eigenvalue weighted by Crippen LogP contribution is 2.21. The number of halogens is 2. The second-order valence-electron chi connectivity index (χ2n) is 10.1. The van der Waals surface area contributed by atoms with Crippen LogP contribution >= 0.6 is 11.6 Å². The van der Waals surface area contributed by atoms with Crippen molar-refractivity contribution in [2.45, 2.75) is 45.4 Å². The van der Waals surface area contributed by atoms with Gasteiger partial charge in [-0.1, -0.05) is 48.0 Å². The summed E-state index contributed by atoms with van der Waals surface area (Å²) >= 11 is 6.11. The molecule has 1 aliphatic heterocycles. The normalized spacial score (nSPS) is 13.3. The average Bonchev–Trinajstić information content (AvgIpc) is 3.48. The van der Waals surface area contributed by atoms with E-state index in [9.17, 15) is 18.8 Å². The molecule has 0 saturated carbocycles.